The van der Waals surface area contributed by atoms with E-state index in [1.165, 1.54) is 0 Å². The number of carbonyl (C=O) groups is 1. The summed E-state index contributed by atoms with van der Waals surface area (Å²) in [5.74, 6) is 0. The van der Waals surface area contributed by atoms with Crippen LogP contribution in [0.3, 0.4) is 0 Å². The molecule has 70 valence electrons. The molecule has 1 aliphatic heterocycles. The van der Waals surface area contributed by atoms with E-state index in [9.17, 15) is 4.79 Å². The molecular formula is C8H17N3O. The number of amides is 2. The second kappa shape index (κ2) is 2.94. The molecule has 4 nitrogen and oxygen atoms in total. The van der Waals surface area contributed by atoms with E-state index in [-0.39, 0.29) is 11.6 Å². The van der Waals surface area contributed by atoms with Gasteiger partial charge in [-0.15, -0.1) is 0 Å². The van der Waals surface area contributed by atoms with E-state index in [0.717, 1.165) is 19.6 Å². The summed E-state index contributed by atoms with van der Waals surface area (Å²) in [7, 11) is 2.07. The lowest BCUT2D eigenvalue weighted by molar-refractivity contribution is 0.0596. The molecule has 1 aliphatic rings. The minimum Gasteiger partial charge on any atom is -0.351 e. The van der Waals surface area contributed by atoms with Gasteiger partial charge in [-0.25, -0.2) is 4.79 Å². The van der Waals surface area contributed by atoms with E-state index in [0.29, 0.717) is 0 Å². The molecular weight excluding hydrogens is 154 g/mol. The number of nitrogens with two attached hydrogens (primary N) is 1. The number of primary amides is 1. The van der Waals surface area contributed by atoms with Crippen LogP contribution in [0.1, 0.15) is 13.8 Å². The zero-order valence-electron chi connectivity index (χ0n) is 8.00. The van der Waals surface area contributed by atoms with Crippen molar-refractivity contribution in [3.05, 3.63) is 0 Å². The van der Waals surface area contributed by atoms with Crippen molar-refractivity contribution in [1.82, 2.24) is 9.80 Å². The van der Waals surface area contributed by atoms with Gasteiger partial charge in [0.15, 0.2) is 0 Å². The first-order valence-corrected chi connectivity index (χ1v) is 4.19. The fraction of sp³-hybridized carbons (Fsp3) is 0.875. The smallest absolute Gasteiger partial charge is 0.314 e. The molecule has 12 heavy (non-hydrogen) atoms. The number of piperazine rings is 1. The molecule has 0 aliphatic carbocycles. The average molecular weight is 171 g/mol. The summed E-state index contributed by atoms with van der Waals surface area (Å²) in [6.07, 6.45) is 0. The molecule has 2 N–H and O–H groups in total. The van der Waals surface area contributed by atoms with Gasteiger partial charge in [-0.05, 0) is 20.9 Å². The third-order valence-electron chi connectivity index (χ3n) is 2.63. The summed E-state index contributed by atoms with van der Waals surface area (Å²) < 4.78 is 0. The molecule has 0 aromatic heterocycles. The Morgan fingerprint density at radius 1 is 1.42 bits per heavy atom. The number of hydrogen-bond donors (Lipinski definition) is 1. The summed E-state index contributed by atoms with van der Waals surface area (Å²) >= 11 is 0. The standard InChI is InChI=1S/C8H17N3O/c1-8(2)6-11(7(9)12)5-4-10(8)3/h4-6H2,1-3H3,(H2,9,12). The third-order valence-corrected chi connectivity index (χ3v) is 2.63. The zero-order valence-corrected chi connectivity index (χ0v) is 8.00. The van der Waals surface area contributed by atoms with Crippen molar-refractivity contribution in [1.29, 1.82) is 0 Å². The number of likely N-dealkylation sites (N-methyl/N-ethyl adjacent to an activating group) is 1. The van der Waals surface area contributed by atoms with E-state index < -0.39 is 0 Å². The Labute approximate surface area is 73.3 Å². The van der Waals surface area contributed by atoms with Crippen molar-refractivity contribution in [2.75, 3.05) is 26.7 Å². The van der Waals surface area contributed by atoms with Crippen LogP contribution < -0.4 is 5.73 Å². The van der Waals surface area contributed by atoms with E-state index in [4.69, 9.17) is 5.73 Å². The quantitative estimate of drug-likeness (QED) is 0.561. The molecule has 0 spiro atoms. The van der Waals surface area contributed by atoms with Gasteiger partial charge < -0.3 is 10.6 Å². The Morgan fingerprint density at radius 2 is 2.00 bits per heavy atom. The SMILES string of the molecule is CN1CCN(C(N)=O)CC1(C)C. The van der Waals surface area contributed by atoms with Crippen LogP contribution in [0.5, 0.6) is 0 Å². The fourth-order valence-electron chi connectivity index (χ4n) is 1.43. The minimum absolute atomic E-state index is 0.0489. The second-order valence-electron chi connectivity index (χ2n) is 3.99. The molecule has 1 saturated heterocycles. The number of rotatable bonds is 0. The Morgan fingerprint density at radius 3 is 2.42 bits per heavy atom. The van der Waals surface area contributed by atoms with Crippen LogP contribution in [0.15, 0.2) is 0 Å². The van der Waals surface area contributed by atoms with Gasteiger partial charge in [0.1, 0.15) is 0 Å². The Kier molecular flexibility index (Phi) is 2.28. The van der Waals surface area contributed by atoms with Gasteiger partial charge in [-0.1, -0.05) is 0 Å². The summed E-state index contributed by atoms with van der Waals surface area (Å²) in [5, 5.41) is 0. The van der Waals surface area contributed by atoms with Crippen LogP contribution in [0.4, 0.5) is 4.79 Å². The van der Waals surface area contributed by atoms with Crippen molar-refractivity contribution in [3.8, 4) is 0 Å². The largest absolute Gasteiger partial charge is 0.351 e. The van der Waals surface area contributed by atoms with Gasteiger partial charge in [-0.3, -0.25) is 4.90 Å². The van der Waals surface area contributed by atoms with Gasteiger partial charge in [0.25, 0.3) is 0 Å². The van der Waals surface area contributed by atoms with E-state index in [1.807, 2.05) is 0 Å². The molecule has 0 aromatic rings. The van der Waals surface area contributed by atoms with Crippen LogP contribution in [0, 0.1) is 0 Å². The third kappa shape index (κ3) is 1.69. The second-order valence-corrected chi connectivity index (χ2v) is 3.99. The van der Waals surface area contributed by atoms with E-state index in [1.54, 1.807) is 4.90 Å². The Bertz CT molecular complexity index is 191. The van der Waals surface area contributed by atoms with Gasteiger partial charge in [0.2, 0.25) is 0 Å². The van der Waals surface area contributed by atoms with Crippen molar-refractivity contribution in [3.63, 3.8) is 0 Å². The average Bonchev–Trinajstić information content (AvgIpc) is 1.94. The van der Waals surface area contributed by atoms with Crippen molar-refractivity contribution in [2.45, 2.75) is 19.4 Å². The lowest BCUT2D eigenvalue weighted by Gasteiger charge is -2.44. The molecule has 1 fully saturated rings. The molecule has 0 radical (unpaired) electrons. The van der Waals surface area contributed by atoms with Gasteiger partial charge in [0, 0.05) is 25.2 Å². The molecule has 4 heteroatoms. The summed E-state index contributed by atoms with van der Waals surface area (Å²) in [6, 6.07) is -0.309. The molecule has 0 bridgehead atoms. The van der Waals surface area contributed by atoms with E-state index in [2.05, 4.69) is 25.8 Å². The molecule has 0 unspecified atom stereocenters. The molecule has 1 heterocycles. The first-order valence-electron chi connectivity index (χ1n) is 4.19. The minimum atomic E-state index is -0.309. The number of hydrogen-bond acceptors (Lipinski definition) is 2. The fourth-order valence-corrected chi connectivity index (χ4v) is 1.43. The molecule has 0 saturated carbocycles. The Balaban J connectivity index is 2.63. The lowest BCUT2D eigenvalue weighted by atomic mass is 10.0. The summed E-state index contributed by atoms with van der Waals surface area (Å²) in [6.45, 7) is 6.59. The Hall–Kier alpha value is -0.770. The zero-order chi connectivity index (χ0) is 9.35. The maximum absolute atomic E-state index is 10.9. The van der Waals surface area contributed by atoms with Gasteiger partial charge in [-0.2, -0.15) is 0 Å². The highest BCUT2D eigenvalue weighted by molar-refractivity contribution is 5.72. The number of urea groups is 1. The first-order chi connectivity index (χ1) is 5.43. The highest BCUT2D eigenvalue weighted by atomic mass is 16.2. The highest BCUT2D eigenvalue weighted by Crippen LogP contribution is 2.18. The number of carbonyl (C=O) groups excluding carboxylic acids is 1. The topological polar surface area (TPSA) is 49.6 Å². The number of nitrogens with zero attached hydrogens (tertiary/aromatic N) is 2. The van der Waals surface area contributed by atoms with Gasteiger partial charge >= 0.3 is 6.03 Å². The van der Waals surface area contributed by atoms with Crippen LogP contribution in [-0.2, 0) is 0 Å². The van der Waals surface area contributed by atoms with Crippen LogP contribution >= 0.6 is 0 Å². The monoisotopic (exact) mass is 171 g/mol. The van der Waals surface area contributed by atoms with E-state index >= 15 is 0 Å². The van der Waals surface area contributed by atoms with Crippen LogP contribution in [-0.4, -0.2) is 48.1 Å². The predicted molar refractivity (Wildman–Crippen MR) is 47.9 cm³/mol. The van der Waals surface area contributed by atoms with Crippen molar-refractivity contribution < 1.29 is 4.79 Å². The normalized spacial score (nSPS) is 24.1. The van der Waals surface area contributed by atoms with Crippen molar-refractivity contribution in [2.24, 2.45) is 5.73 Å². The predicted octanol–water partition coefficient (Wildman–Crippen LogP) is 0.0911. The summed E-state index contributed by atoms with van der Waals surface area (Å²) in [4.78, 5) is 14.8. The van der Waals surface area contributed by atoms with Crippen LogP contribution in [0.25, 0.3) is 0 Å². The lowest BCUT2D eigenvalue weighted by Crippen LogP contribution is -2.59. The maximum atomic E-state index is 10.9. The highest BCUT2D eigenvalue weighted by Gasteiger charge is 2.32. The summed E-state index contributed by atoms with van der Waals surface area (Å²) in [5.41, 5.74) is 5.25. The molecule has 2 amide bonds. The maximum Gasteiger partial charge on any atom is 0.314 e. The van der Waals surface area contributed by atoms with Crippen molar-refractivity contribution >= 4 is 6.03 Å². The van der Waals surface area contributed by atoms with Gasteiger partial charge in [0.05, 0.1) is 0 Å². The van der Waals surface area contributed by atoms with Crippen LogP contribution in [0.2, 0.25) is 0 Å². The molecule has 0 aromatic carbocycles. The molecule has 0 atom stereocenters. The molecule has 1 rings (SSSR count). The first kappa shape index (κ1) is 9.32.